The minimum atomic E-state index is 0.484. The monoisotopic (exact) mass is 264 g/mol. The van der Waals surface area contributed by atoms with Crippen LogP contribution in [0.15, 0.2) is 10.5 Å². The van der Waals surface area contributed by atoms with E-state index in [9.17, 15) is 0 Å². The summed E-state index contributed by atoms with van der Waals surface area (Å²) >= 11 is 0. The molecule has 1 aliphatic rings. The van der Waals surface area contributed by atoms with Crippen molar-refractivity contribution in [2.24, 2.45) is 5.92 Å². The van der Waals surface area contributed by atoms with Crippen molar-refractivity contribution >= 4 is 0 Å². The van der Waals surface area contributed by atoms with E-state index < -0.39 is 0 Å². The predicted octanol–water partition coefficient (Wildman–Crippen LogP) is 3.28. The van der Waals surface area contributed by atoms with Crippen molar-refractivity contribution in [2.75, 3.05) is 26.2 Å². The van der Waals surface area contributed by atoms with Crippen LogP contribution in [0, 0.1) is 19.8 Å². The van der Waals surface area contributed by atoms with Gasteiger partial charge in [0.1, 0.15) is 11.5 Å². The second kappa shape index (κ2) is 6.58. The van der Waals surface area contributed by atoms with E-state index in [1.54, 1.807) is 0 Å². The number of nitrogens with zero attached hydrogens (tertiary/aromatic N) is 1. The molecule has 1 unspecified atom stereocenters. The summed E-state index contributed by atoms with van der Waals surface area (Å²) in [6, 6.07) is 2.68. The number of rotatable bonds is 5. The van der Waals surface area contributed by atoms with E-state index in [1.165, 1.54) is 38.0 Å². The molecule has 0 saturated carbocycles. The molecule has 0 radical (unpaired) electrons. The Hall–Kier alpha value is -0.800. The van der Waals surface area contributed by atoms with Crippen molar-refractivity contribution in [1.29, 1.82) is 0 Å². The molecule has 1 aromatic heterocycles. The van der Waals surface area contributed by atoms with Gasteiger partial charge in [-0.15, -0.1) is 0 Å². The smallest absolute Gasteiger partial charge is 0.105 e. The molecule has 0 aliphatic carbocycles. The van der Waals surface area contributed by atoms with Crippen LogP contribution in [-0.4, -0.2) is 31.1 Å². The number of piperidine rings is 1. The van der Waals surface area contributed by atoms with Gasteiger partial charge in [-0.25, -0.2) is 0 Å². The highest BCUT2D eigenvalue weighted by molar-refractivity contribution is 5.23. The first-order valence-electron chi connectivity index (χ1n) is 7.63. The molecule has 1 aromatic rings. The second-order valence-corrected chi connectivity index (χ2v) is 5.83. The van der Waals surface area contributed by atoms with Crippen LogP contribution in [0.1, 0.15) is 49.8 Å². The largest absolute Gasteiger partial charge is 0.466 e. The molecule has 0 amide bonds. The Morgan fingerprint density at radius 2 is 2.05 bits per heavy atom. The summed E-state index contributed by atoms with van der Waals surface area (Å²) in [4.78, 5) is 2.60. The summed E-state index contributed by atoms with van der Waals surface area (Å²) < 4.78 is 5.66. The molecule has 19 heavy (non-hydrogen) atoms. The maximum atomic E-state index is 5.66. The van der Waals surface area contributed by atoms with Crippen molar-refractivity contribution in [2.45, 2.75) is 46.6 Å². The van der Waals surface area contributed by atoms with Crippen molar-refractivity contribution in [1.82, 2.24) is 10.2 Å². The van der Waals surface area contributed by atoms with Crippen molar-refractivity contribution in [3.63, 3.8) is 0 Å². The normalized spacial score (nSPS) is 19.8. The highest BCUT2D eigenvalue weighted by Gasteiger charge is 2.25. The molecular weight excluding hydrogens is 236 g/mol. The molecule has 3 heteroatoms. The summed E-state index contributed by atoms with van der Waals surface area (Å²) in [6.07, 6.45) is 2.63. The number of furan rings is 1. The van der Waals surface area contributed by atoms with Gasteiger partial charge >= 0.3 is 0 Å². The van der Waals surface area contributed by atoms with Crippen molar-refractivity contribution in [3.05, 3.63) is 23.2 Å². The lowest BCUT2D eigenvalue weighted by molar-refractivity contribution is 0.139. The van der Waals surface area contributed by atoms with E-state index in [1.807, 2.05) is 6.92 Å². The highest BCUT2D eigenvalue weighted by atomic mass is 16.3. The third-order valence-electron chi connectivity index (χ3n) is 4.41. The molecule has 1 saturated heterocycles. The molecule has 1 atom stereocenters. The fourth-order valence-electron chi connectivity index (χ4n) is 3.15. The van der Waals surface area contributed by atoms with Gasteiger partial charge in [0.05, 0.1) is 0 Å². The third kappa shape index (κ3) is 3.61. The lowest BCUT2D eigenvalue weighted by atomic mass is 9.94. The topological polar surface area (TPSA) is 28.4 Å². The lowest BCUT2D eigenvalue weighted by Crippen LogP contribution is -2.38. The molecule has 1 fully saturated rings. The van der Waals surface area contributed by atoms with Gasteiger partial charge in [-0.3, -0.25) is 4.90 Å². The van der Waals surface area contributed by atoms with Crippen molar-refractivity contribution < 1.29 is 4.42 Å². The van der Waals surface area contributed by atoms with Gasteiger partial charge in [0, 0.05) is 11.6 Å². The van der Waals surface area contributed by atoms with Crippen LogP contribution in [0.25, 0.3) is 0 Å². The van der Waals surface area contributed by atoms with Gasteiger partial charge < -0.3 is 9.73 Å². The van der Waals surface area contributed by atoms with E-state index >= 15 is 0 Å². The molecule has 0 bridgehead atoms. The molecule has 3 nitrogen and oxygen atoms in total. The Bertz CT molecular complexity index is 391. The molecule has 1 aliphatic heterocycles. The molecule has 2 heterocycles. The fraction of sp³-hybridized carbons (Fsp3) is 0.750. The van der Waals surface area contributed by atoms with Gasteiger partial charge in [0.25, 0.3) is 0 Å². The van der Waals surface area contributed by atoms with Crippen LogP contribution in [-0.2, 0) is 0 Å². The van der Waals surface area contributed by atoms with E-state index in [4.69, 9.17) is 4.42 Å². The maximum Gasteiger partial charge on any atom is 0.105 e. The maximum absolute atomic E-state index is 5.66. The Kier molecular flexibility index (Phi) is 5.06. The van der Waals surface area contributed by atoms with Gasteiger partial charge in [-0.2, -0.15) is 0 Å². The van der Waals surface area contributed by atoms with Crippen LogP contribution in [0.4, 0.5) is 0 Å². The van der Waals surface area contributed by atoms with Gasteiger partial charge in [-0.1, -0.05) is 6.92 Å². The average molecular weight is 264 g/mol. The number of likely N-dealkylation sites (tertiary alicyclic amines) is 1. The van der Waals surface area contributed by atoms with Crippen LogP contribution >= 0.6 is 0 Å². The Balaban J connectivity index is 1.89. The Morgan fingerprint density at radius 1 is 1.37 bits per heavy atom. The van der Waals surface area contributed by atoms with E-state index in [2.05, 4.69) is 37.1 Å². The molecule has 2 rings (SSSR count). The summed E-state index contributed by atoms with van der Waals surface area (Å²) in [5, 5.41) is 3.47. The van der Waals surface area contributed by atoms with Crippen LogP contribution in [0.5, 0.6) is 0 Å². The summed E-state index contributed by atoms with van der Waals surface area (Å²) in [5.74, 6) is 2.97. The second-order valence-electron chi connectivity index (χ2n) is 5.83. The zero-order valence-electron chi connectivity index (χ0n) is 12.8. The summed E-state index contributed by atoms with van der Waals surface area (Å²) in [6.45, 7) is 13.3. The molecule has 1 N–H and O–H groups in total. The summed E-state index contributed by atoms with van der Waals surface area (Å²) in [5.41, 5.74) is 1.36. The van der Waals surface area contributed by atoms with Crippen LogP contribution in [0.3, 0.4) is 0 Å². The molecule has 0 aromatic carbocycles. The lowest BCUT2D eigenvalue weighted by Gasteiger charge is -2.36. The van der Waals surface area contributed by atoms with Crippen LogP contribution < -0.4 is 5.32 Å². The number of nitrogens with one attached hydrogen (secondary N) is 1. The number of aryl methyl sites for hydroxylation is 2. The quantitative estimate of drug-likeness (QED) is 0.884. The Labute approximate surface area is 117 Å². The first kappa shape index (κ1) is 14.6. The minimum Gasteiger partial charge on any atom is -0.466 e. The Morgan fingerprint density at radius 3 is 2.58 bits per heavy atom. The van der Waals surface area contributed by atoms with Crippen molar-refractivity contribution in [3.8, 4) is 0 Å². The van der Waals surface area contributed by atoms with Gasteiger partial charge in [0.15, 0.2) is 0 Å². The zero-order chi connectivity index (χ0) is 13.8. The number of hydrogen-bond donors (Lipinski definition) is 1. The van der Waals surface area contributed by atoms with Gasteiger partial charge in [0.2, 0.25) is 0 Å². The van der Waals surface area contributed by atoms with Crippen LogP contribution in [0.2, 0.25) is 0 Å². The fourth-order valence-corrected chi connectivity index (χ4v) is 3.15. The first-order valence-corrected chi connectivity index (χ1v) is 7.63. The summed E-state index contributed by atoms with van der Waals surface area (Å²) in [7, 11) is 0. The SMILES string of the molecule is CCNCC1CCN(C(C)c2cc(C)oc2C)CC1. The average Bonchev–Trinajstić information content (AvgIpc) is 2.75. The standard InChI is InChI=1S/C16H28N2O/c1-5-17-11-15-6-8-18(9-7-15)13(3)16-10-12(2)19-14(16)4/h10,13,15,17H,5-9,11H2,1-4H3. The number of hydrogen-bond acceptors (Lipinski definition) is 3. The molecule has 108 valence electrons. The van der Waals surface area contributed by atoms with Gasteiger partial charge in [-0.05, 0) is 71.8 Å². The zero-order valence-corrected chi connectivity index (χ0v) is 12.8. The molecule has 0 spiro atoms. The predicted molar refractivity (Wildman–Crippen MR) is 79.4 cm³/mol. The molecular formula is C16H28N2O. The van der Waals surface area contributed by atoms with E-state index in [-0.39, 0.29) is 0 Å². The van der Waals surface area contributed by atoms with E-state index in [0.29, 0.717) is 6.04 Å². The first-order chi connectivity index (χ1) is 9.11. The third-order valence-corrected chi connectivity index (χ3v) is 4.41. The van der Waals surface area contributed by atoms with E-state index in [0.717, 1.165) is 24.0 Å². The minimum absolute atomic E-state index is 0.484. The highest BCUT2D eigenvalue weighted by Crippen LogP contribution is 2.29.